The van der Waals surface area contributed by atoms with Crippen LogP contribution in [0.2, 0.25) is 0 Å². The third-order valence-electron chi connectivity index (χ3n) is 2.47. The van der Waals surface area contributed by atoms with E-state index in [-0.39, 0.29) is 18.5 Å². The number of aromatic nitrogens is 1. The predicted molar refractivity (Wildman–Crippen MR) is 58.5 cm³/mol. The van der Waals surface area contributed by atoms with Crippen molar-refractivity contribution in [1.82, 2.24) is 10.1 Å². The van der Waals surface area contributed by atoms with Crippen LogP contribution in [0.5, 0.6) is 5.88 Å². The molecular formula is C11H16N2O4. The van der Waals surface area contributed by atoms with Crippen LogP contribution in [-0.4, -0.2) is 33.4 Å². The summed E-state index contributed by atoms with van der Waals surface area (Å²) in [5, 5.41) is 12.8. The molecule has 0 saturated carbocycles. The van der Waals surface area contributed by atoms with Gasteiger partial charge in [-0.2, -0.15) is 0 Å². The van der Waals surface area contributed by atoms with Crippen molar-refractivity contribution in [2.45, 2.75) is 39.3 Å². The van der Waals surface area contributed by atoms with Crippen molar-refractivity contribution in [3.8, 4) is 5.88 Å². The van der Waals surface area contributed by atoms with E-state index >= 15 is 0 Å². The summed E-state index contributed by atoms with van der Waals surface area (Å²) in [5.41, 5.74) is 0.172. The lowest BCUT2D eigenvalue weighted by Gasteiger charge is -2.28. The van der Waals surface area contributed by atoms with E-state index in [0.717, 1.165) is 0 Å². The highest BCUT2D eigenvalue weighted by molar-refractivity contribution is 5.68. The number of carbonyl (C=O) groups is 1. The molecule has 1 aliphatic heterocycles. The van der Waals surface area contributed by atoms with Crippen LogP contribution in [0.15, 0.2) is 4.52 Å². The van der Waals surface area contributed by atoms with Gasteiger partial charge in [0, 0.05) is 6.54 Å². The van der Waals surface area contributed by atoms with Crippen molar-refractivity contribution >= 4 is 6.09 Å². The standard InChI is InChI=1S/C11H16N2O4/c1-11(2,3)16-10(15)13-5-4-7-8(6-13)17-12-9(7)14/h4-6H2,1-3H3,(H,12,14). The molecule has 1 amide bonds. The highest BCUT2D eigenvalue weighted by atomic mass is 16.6. The van der Waals surface area contributed by atoms with Gasteiger partial charge >= 0.3 is 6.09 Å². The highest BCUT2D eigenvalue weighted by Gasteiger charge is 2.29. The van der Waals surface area contributed by atoms with Crippen LogP contribution < -0.4 is 0 Å². The summed E-state index contributed by atoms with van der Waals surface area (Å²) in [7, 11) is 0. The number of aromatic hydroxyl groups is 1. The SMILES string of the molecule is CC(C)(C)OC(=O)N1CCc2c(O)noc2C1. The number of carbonyl (C=O) groups excluding carboxylic acids is 1. The van der Waals surface area contributed by atoms with Crippen LogP contribution in [0.4, 0.5) is 4.79 Å². The zero-order chi connectivity index (χ0) is 12.6. The lowest BCUT2D eigenvalue weighted by molar-refractivity contribution is 0.0205. The largest absolute Gasteiger partial charge is 0.491 e. The first-order chi connectivity index (χ1) is 7.87. The zero-order valence-corrected chi connectivity index (χ0v) is 10.2. The first-order valence-corrected chi connectivity index (χ1v) is 5.51. The van der Waals surface area contributed by atoms with Crippen LogP contribution in [0, 0.1) is 0 Å². The Morgan fingerprint density at radius 1 is 1.53 bits per heavy atom. The summed E-state index contributed by atoms with van der Waals surface area (Å²) in [6.45, 7) is 6.25. The monoisotopic (exact) mass is 240 g/mol. The zero-order valence-electron chi connectivity index (χ0n) is 10.2. The van der Waals surface area contributed by atoms with Crippen molar-refractivity contribution in [2.24, 2.45) is 0 Å². The second-order valence-electron chi connectivity index (χ2n) is 5.06. The molecule has 0 bridgehead atoms. The number of ether oxygens (including phenoxy) is 1. The maximum absolute atomic E-state index is 11.8. The van der Waals surface area contributed by atoms with Crippen LogP contribution in [0.1, 0.15) is 32.1 Å². The molecule has 0 spiro atoms. The van der Waals surface area contributed by atoms with Gasteiger partial charge in [-0.25, -0.2) is 4.79 Å². The van der Waals surface area contributed by atoms with Crippen molar-refractivity contribution in [1.29, 1.82) is 0 Å². The Bertz CT molecular complexity index is 433. The van der Waals surface area contributed by atoms with E-state index in [1.165, 1.54) is 4.90 Å². The minimum Gasteiger partial charge on any atom is -0.491 e. The van der Waals surface area contributed by atoms with Crippen LogP contribution in [0.3, 0.4) is 0 Å². The molecule has 0 unspecified atom stereocenters. The molecule has 0 saturated heterocycles. The van der Waals surface area contributed by atoms with Gasteiger partial charge in [-0.05, 0) is 32.3 Å². The van der Waals surface area contributed by atoms with Gasteiger partial charge in [0.2, 0.25) is 0 Å². The van der Waals surface area contributed by atoms with Gasteiger partial charge in [-0.15, -0.1) is 0 Å². The van der Waals surface area contributed by atoms with Crippen molar-refractivity contribution in [3.05, 3.63) is 11.3 Å². The normalized spacial score (nSPS) is 15.6. The average molecular weight is 240 g/mol. The Hall–Kier alpha value is -1.72. The number of amides is 1. The minimum absolute atomic E-state index is 0.0798. The smallest absolute Gasteiger partial charge is 0.410 e. The lowest BCUT2D eigenvalue weighted by atomic mass is 10.1. The van der Waals surface area contributed by atoms with E-state index in [1.54, 1.807) is 0 Å². The molecule has 0 radical (unpaired) electrons. The number of hydrogen-bond acceptors (Lipinski definition) is 5. The van der Waals surface area contributed by atoms with Crippen LogP contribution in [-0.2, 0) is 17.7 Å². The Morgan fingerprint density at radius 3 is 2.88 bits per heavy atom. The van der Waals surface area contributed by atoms with Gasteiger partial charge in [0.1, 0.15) is 5.60 Å². The van der Waals surface area contributed by atoms with E-state index in [0.29, 0.717) is 24.3 Å². The van der Waals surface area contributed by atoms with E-state index in [1.807, 2.05) is 20.8 Å². The topological polar surface area (TPSA) is 75.8 Å². The molecule has 1 aromatic heterocycles. The summed E-state index contributed by atoms with van der Waals surface area (Å²) in [4.78, 5) is 13.3. The van der Waals surface area contributed by atoms with Crippen molar-refractivity contribution in [3.63, 3.8) is 0 Å². The molecule has 0 fully saturated rings. The maximum atomic E-state index is 11.8. The van der Waals surface area contributed by atoms with Crippen LogP contribution >= 0.6 is 0 Å². The number of rotatable bonds is 0. The van der Waals surface area contributed by atoms with Crippen LogP contribution in [0.25, 0.3) is 0 Å². The Kier molecular flexibility index (Phi) is 2.73. The Morgan fingerprint density at radius 2 is 2.24 bits per heavy atom. The van der Waals surface area contributed by atoms with E-state index in [9.17, 15) is 9.90 Å². The lowest BCUT2D eigenvalue weighted by Crippen LogP contribution is -2.39. The third-order valence-corrected chi connectivity index (χ3v) is 2.47. The second-order valence-corrected chi connectivity index (χ2v) is 5.06. The first-order valence-electron chi connectivity index (χ1n) is 5.51. The van der Waals surface area contributed by atoms with E-state index < -0.39 is 5.60 Å². The molecule has 94 valence electrons. The quantitative estimate of drug-likeness (QED) is 0.746. The van der Waals surface area contributed by atoms with Gasteiger partial charge in [-0.1, -0.05) is 0 Å². The van der Waals surface area contributed by atoms with Gasteiger partial charge in [0.25, 0.3) is 5.88 Å². The fourth-order valence-electron chi connectivity index (χ4n) is 1.69. The summed E-state index contributed by atoms with van der Waals surface area (Å²) >= 11 is 0. The maximum Gasteiger partial charge on any atom is 0.410 e. The summed E-state index contributed by atoms with van der Waals surface area (Å²) < 4.78 is 10.2. The minimum atomic E-state index is -0.513. The summed E-state index contributed by atoms with van der Waals surface area (Å²) in [6, 6.07) is 0. The molecule has 6 nitrogen and oxygen atoms in total. The molecule has 1 aliphatic rings. The molecule has 0 aliphatic carbocycles. The van der Waals surface area contributed by atoms with Gasteiger partial charge in [-0.3, -0.25) is 0 Å². The second kappa shape index (κ2) is 3.94. The molecule has 0 atom stereocenters. The number of fused-ring (bicyclic) bond motifs is 1. The molecule has 2 heterocycles. The number of hydrogen-bond donors (Lipinski definition) is 1. The van der Waals surface area contributed by atoms with Gasteiger partial charge in [0.05, 0.1) is 12.1 Å². The fraction of sp³-hybridized carbons (Fsp3) is 0.636. The van der Waals surface area contributed by atoms with Gasteiger partial charge < -0.3 is 19.3 Å². The summed E-state index contributed by atoms with van der Waals surface area (Å²) in [5.74, 6) is 0.448. The highest BCUT2D eigenvalue weighted by Crippen LogP contribution is 2.26. The Labute approximate surface area is 99.1 Å². The predicted octanol–water partition coefficient (Wildman–Crippen LogP) is 1.67. The molecule has 2 rings (SSSR count). The average Bonchev–Trinajstić information content (AvgIpc) is 2.57. The fourth-order valence-corrected chi connectivity index (χ4v) is 1.69. The van der Waals surface area contributed by atoms with Crippen molar-refractivity contribution < 1.29 is 19.2 Å². The number of nitrogens with zero attached hydrogens (tertiary/aromatic N) is 2. The van der Waals surface area contributed by atoms with E-state index in [4.69, 9.17) is 9.26 Å². The molecule has 1 aromatic rings. The van der Waals surface area contributed by atoms with Gasteiger partial charge in [0.15, 0.2) is 5.76 Å². The molecule has 1 N–H and O–H groups in total. The Balaban J connectivity index is 2.05. The first kappa shape index (κ1) is 11.8. The summed E-state index contributed by atoms with van der Waals surface area (Å²) in [6.07, 6.45) is 0.156. The molecule has 6 heteroatoms. The van der Waals surface area contributed by atoms with Crippen molar-refractivity contribution in [2.75, 3.05) is 6.54 Å². The molecule has 17 heavy (non-hydrogen) atoms. The van der Waals surface area contributed by atoms with E-state index in [2.05, 4.69) is 5.16 Å². The molecule has 0 aromatic carbocycles. The molecular weight excluding hydrogens is 224 g/mol. The third kappa shape index (κ3) is 2.51.